The highest BCUT2D eigenvalue weighted by Gasteiger charge is 2.17. The standard InChI is InChI=1S/C22H23N7O3/c1-13(27-21(31)19-18(24)20(30)29-22(32)28-19)15-3-2-4-16(9-15)17(10-23)12-26-11-14-5-7-25-8-6-14/h2-10,12-13H,11,23-24H2,1H3,(H,27,31)(H2,28,29,30,32)/t13-/m1/s1. The van der Waals surface area contributed by atoms with Crippen molar-refractivity contribution in [3.63, 3.8) is 0 Å². The highest BCUT2D eigenvalue weighted by molar-refractivity contribution is 6.09. The first-order valence-corrected chi connectivity index (χ1v) is 9.73. The molecule has 0 bridgehead atoms. The Balaban J connectivity index is 1.75. The number of carbonyl (C=O) groups is 1. The third-order valence-corrected chi connectivity index (χ3v) is 4.71. The van der Waals surface area contributed by atoms with E-state index in [2.05, 4.69) is 20.3 Å². The molecule has 1 atom stereocenters. The minimum absolute atomic E-state index is 0.285. The number of rotatable bonds is 7. The van der Waals surface area contributed by atoms with Crippen LogP contribution in [0.2, 0.25) is 0 Å². The normalized spacial score (nSPS) is 12.6. The number of aromatic nitrogens is 3. The monoisotopic (exact) mass is 433 g/mol. The van der Waals surface area contributed by atoms with Gasteiger partial charge >= 0.3 is 5.69 Å². The SMILES string of the molecule is C[C@@H](NC(=O)c1[nH]c(=O)[nH]c(=O)c1N)c1cccc(C(C=NCc2ccncc2)=CN)c1. The molecule has 1 aromatic carbocycles. The summed E-state index contributed by atoms with van der Waals surface area (Å²) in [5.41, 5.74) is 12.5. The Morgan fingerprint density at radius 1 is 1.22 bits per heavy atom. The van der Waals surface area contributed by atoms with Gasteiger partial charge in [-0.25, -0.2) is 4.79 Å². The van der Waals surface area contributed by atoms with Crippen LogP contribution in [0.5, 0.6) is 0 Å². The zero-order valence-electron chi connectivity index (χ0n) is 17.3. The smallest absolute Gasteiger partial charge is 0.326 e. The number of allylic oxidation sites excluding steroid dienone is 1. The summed E-state index contributed by atoms with van der Waals surface area (Å²) < 4.78 is 0. The topological polar surface area (TPSA) is 172 Å². The van der Waals surface area contributed by atoms with Gasteiger partial charge in [0.2, 0.25) is 0 Å². The van der Waals surface area contributed by atoms with E-state index in [0.29, 0.717) is 12.1 Å². The van der Waals surface area contributed by atoms with Crippen LogP contribution >= 0.6 is 0 Å². The summed E-state index contributed by atoms with van der Waals surface area (Å²) in [5, 5.41) is 2.72. The Labute approximate surface area is 183 Å². The van der Waals surface area contributed by atoms with E-state index in [0.717, 1.165) is 16.7 Å². The molecule has 3 aromatic rings. The molecule has 32 heavy (non-hydrogen) atoms. The molecule has 1 amide bonds. The van der Waals surface area contributed by atoms with Gasteiger partial charge in [0.15, 0.2) is 0 Å². The number of nitrogens with zero attached hydrogens (tertiary/aromatic N) is 2. The van der Waals surface area contributed by atoms with Gasteiger partial charge in [0.25, 0.3) is 11.5 Å². The third-order valence-electron chi connectivity index (χ3n) is 4.71. The molecule has 0 spiro atoms. The maximum absolute atomic E-state index is 12.5. The summed E-state index contributed by atoms with van der Waals surface area (Å²) in [6.07, 6.45) is 6.56. The number of hydrogen-bond acceptors (Lipinski definition) is 7. The number of aromatic amines is 2. The number of aliphatic imine (C=N–C) groups is 1. The molecule has 10 heteroatoms. The molecule has 0 aliphatic heterocycles. The second-order valence-corrected chi connectivity index (χ2v) is 6.96. The molecular formula is C22H23N7O3. The van der Waals surface area contributed by atoms with Crippen molar-refractivity contribution in [1.29, 1.82) is 0 Å². The molecule has 0 aliphatic rings. The molecule has 0 unspecified atom stereocenters. The van der Waals surface area contributed by atoms with Crippen molar-refractivity contribution in [3.8, 4) is 0 Å². The summed E-state index contributed by atoms with van der Waals surface area (Å²) in [6, 6.07) is 10.7. The van der Waals surface area contributed by atoms with Crippen LogP contribution in [0.1, 0.15) is 40.1 Å². The second kappa shape index (κ2) is 10.0. The van der Waals surface area contributed by atoms with Crippen molar-refractivity contribution < 1.29 is 4.79 Å². The first-order valence-electron chi connectivity index (χ1n) is 9.73. The largest absolute Gasteiger partial charge is 0.404 e. The van der Waals surface area contributed by atoms with Gasteiger partial charge in [0, 0.05) is 30.4 Å². The van der Waals surface area contributed by atoms with E-state index in [-0.39, 0.29) is 11.4 Å². The van der Waals surface area contributed by atoms with Crippen molar-refractivity contribution in [2.45, 2.75) is 19.5 Å². The Bertz CT molecular complexity index is 1280. The molecule has 164 valence electrons. The molecule has 7 N–H and O–H groups in total. The van der Waals surface area contributed by atoms with Crippen molar-refractivity contribution in [3.05, 3.63) is 98.2 Å². The van der Waals surface area contributed by atoms with E-state index in [4.69, 9.17) is 11.5 Å². The average Bonchev–Trinajstić information content (AvgIpc) is 2.79. The lowest BCUT2D eigenvalue weighted by atomic mass is 10.0. The number of anilines is 1. The highest BCUT2D eigenvalue weighted by atomic mass is 16.2. The van der Waals surface area contributed by atoms with Crippen LogP contribution in [-0.4, -0.2) is 27.1 Å². The maximum atomic E-state index is 12.5. The fourth-order valence-corrected chi connectivity index (χ4v) is 2.97. The number of nitrogens with one attached hydrogen (secondary N) is 3. The minimum atomic E-state index is -0.822. The minimum Gasteiger partial charge on any atom is -0.404 e. The highest BCUT2D eigenvalue weighted by Crippen LogP contribution is 2.19. The maximum Gasteiger partial charge on any atom is 0.326 e. The van der Waals surface area contributed by atoms with Crippen LogP contribution in [0.15, 0.2) is 69.6 Å². The molecule has 3 rings (SSSR count). The third kappa shape index (κ3) is 5.36. The van der Waals surface area contributed by atoms with Crippen LogP contribution in [0.25, 0.3) is 5.57 Å². The first kappa shape index (κ1) is 22.2. The summed E-state index contributed by atoms with van der Waals surface area (Å²) in [6.45, 7) is 2.25. The molecule has 2 aromatic heterocycles. The molecule has 10 nitrogen and oxygen atoms in total. The predicted molar refractivity (Wildman–Crippen MR) is 123 cm³/mol. The van der Waals surface area contributed by atoms with Gasteiger partial charge in [-0.15, -0.1) is 0 Å². The van der Waals surface area contributed by atoms with E-state index in [1.165, 1.54) is 6.20 Å². The molecule has 0 saturated heterocycles. The lowest BCUT2D eigenvalue weighted by molar-refractivity contribution is 0.0935. The molecule has 2 heterocycles. The fourth-order valence-electron chi connectivity index (χ4n) is 2.97. The van der Waals surface area contributed by atoms with Gasteiger partial charge < -0.3 is 21.8 Å². The second-order valence-electron chi connectivity index (χ2n) is 6.96. The Hall–Kier alpha value is -4.47. The van der Waals surface area contributed by atoms with Gasteiger partial charge in [-0.2, -0.15) is 0 Å². The lowest BCUT2D eigenvalue weighted by Gasteiger charge is -2.16. The van der Waals surface area contributed by atoms with Crippen LogP contribution in [0, 0.1) is 0 Å². The number of hydrogen-bond donors (Lipinski definition) is 5. The lowest BCUT2D eigenvalue weighted by Crippen LogP contribution is -2.34. The van der Waals surface area contributed by atoms with Crippen molar-refractivity contribution in [1.82, 2.24) is 20.3 Å². The van der Waals surface area contributed by atoms with Crippen LogP contribution in [0.4, 0.5) is 5.69 Å². The van der Waals surface area contributed by atoms with E-state index in [9.17, 15) is 14.4 Å². The van der Waals surface area contributed by atoms with Crippen LogP contribution < -0.4 is 28.0 Å². The average molecular weight is 433 g/mol. The van der Waals surface area contributed by atoms with Crippen molar-refractivity contribution >= 4 is 23.4 Å². The van der Waals surface area contributed by atoms with Gasteiger partial charge in [-0.3, -0.25) is 24.5 Å². The van der Waals surface area contributed by atoms with E-state index >= 15 is 0 Å². The Morgan fingerprint density at radius 3 is 2.69 bits per heavy atom. The quantitative estimate of drug-likeness (QED) is 0.349. The van der Waals surface area contributed by atoms with Gasteiger partial charge in [0.1, 0.15) is 11.4 Å². The number of amides is 1. The molecule has 0 fully saturated rings. The number of carbonyl (C=O) groups excluding carboxylic acids is 1. The Morgan fingerprint density at radius 2 is 1.97 bits per heavy atom. The van der Waals surface area contributed by atoms with Gasteiger partial charge in [0.05, 0.1) is 12.6 Å². The van der Waals surface area contributed by atoms with E-state index < -0.39 is 23.2 Å². The van der Waals surface area contributed by atoms with Crippen LogP contribution in [-0.2, 0) is 6.54 Å². The van der Waals surface area contributed by atoms with Crippen LogP contribution in [0.3, 0.4) is 0 Å². The molecule has 0 radical (unpaired) electrons. The number of H-pyrrole nitrogens is 2. The molecule has 0 saturated carbocycles. The fraction of sp³-hybridized carbons (Fsp3) is 0.136. The predicted octanol–water partition coefficient (Wildman–Crippen LogP) is 1.10. The number of nitrogens with two attached hydrogens (primary N) is 2. The van der Waals surface area contributed by atoms with Crippen molar-refractivity contribution in [2.24, 2.45) is 10.7 Å². The summed E-state index contributed by atoms with van der Waals surface area (Å²) in [4.78, 5) is 48.3. The molecular weight excluding hydrogens is 410 g/mol. The molecule has 0 aliphatic carbocycles. The van der Waals surface area contributed by atoms with E-state index in [1.54, 1.807) is 25.5 Å². The summed E-state index contributed by atoms with van der Waals surface area (Å²) in [5.74, 6) is -0.669. The summed E-state index contributed by atoms with van der Waals surface area (Å²) in [7, 11) is 0. The zero-order valence-corrected chi connectivity index (χ0v) is 17.3. The van der Waals surface area contributed by atoms with Gasteiger partial charge in [-0.1, -0.05) is 18.2 Å². The number of nitrogen functional groups attached to an aromatic ring is 1. The van der Waals surface area contributed by atoms with E-state index in [1.807, 2.05) is 41.4 Å². The van der Waals surface area contributed by atoms with Gasteiger partial charge in [-0.05, 0) is 41.8 Å². The zero-order chi connectivity index (χ0) is 23.1. The van der Waals surface area contributed by atoms with Crippen molar-refractivity contribution in [2.75, 3.05) is 5.73 Å². The number of benzene rings is 1. The number of pyridine rings is 1. The first-order chi connectivity index (χ1) is 15.4. The Kier molecular flexibility index (Phi) is 6.96. The summed E-state index contributed by atoms with van der Waals surface area (Å²) >= 11 is 0.